The number of rotatable bonds is 5. The maximum Gasteiger partial charge on any atom is 0.241 e. The lowest BCUT2D eigenvalue weighted by atomic mass is 10.1. The minimum atomic E-state index is -0.0364. The van der Waals surface area contributed by atoms with Gasteiger partial charge in [-0.2, -0.15) is 0 Å². The molecule has 1 saturated heterocycles. The molecule has 1 unspecified atom stereocenters. The number of likely N-dealkylation sites (tertiary alicyclic amines) is 1. The van der Waals surface area contributed by atoms with E-state index < -0.39 is 0 Å². The van der Waals surface area contributed by atoms with Crippen LogP contribution in [0.15, 0.2) is 48.5 Å². The van der Waals surface area contributed by atoms with E-state index in [9.17, 15) is 4.79 Å². The number of fused-ring (bicyclic) bond motifs is 1. The van der Waals surface area contributed by atoms with Crippen molar-refractivity contribution in [1.29, 1.82) is 0 Å². The highest BCUT2D eigenvalue weighted by atomic mass is 16.2. The van der Waals surface area contributed by atoms with Crippen LogP contribution in [0.5, 0.6) is 0 Å². The van der Waals surface area contributed by atoms with Gasteiger partial charge in [0.2, 0.25) is 5.91 Å². The van der Waals surface area contributed by atoms with Crippen LogP contribution in [0.1, 0.15) is 30.9 Å². The van der Waals surface area contributed by atoms with Crippen molar-refractivity contribution >= 4 is 17.3 Å². The minimum Gasteiger partial charge on any atom is -0.371 e. The summed E-state index contributed by atoms with van der Waals surface area (Å²) in [6.45, 7) is 6.10. The van der Waals surface area contributed by atoms with Crippen molar-refractivity contribution in [2.45, 2.75) is 38.8 Å². The highest BCUT2D eigenvalue weighted by Gasteiger charge is 2.30. The Morgan fingerprint density at radius 1 is 1.15 bits per heavy atom. The fourth-order valence-electron chi connectivity index (χ4n) is 4.21. The number of hydrogen-bond acceptors (Lipinski definition) is 3. The zero-order valence-corrected chi connectivity index (χ0v) is 15.4. The fraction of sp³-hybridized carbons (Fsp3) is 0.409. The largest absolute Gasteiger partial charge is 0.371 e. The first kappa shape index (κ1) is 17.1. The molecule has 0 bridgehead atoms. The zero-order chi connectivity index (χ0) is 17.9. The summed E-state index contributed by atoms with van der Waals surface area (Å²) in [5.74, 6) is 0.124. The highest BCUT2D eigenvalue weighted by molar-refractivity contribution is 5.95. The number of anilines is 2. The van der Waals surface area contributed by atoms with Crippen LogP contribution < -0.4 is 10.2 Å². The van der Waals surface area contributed by atoms with Gasteiger partial charge in [0.05, 0.1) is 6.04 Å². The second-order valence-electron chi connectivity index (χ2n) is 7.28. The van der Waals surface area contributed by atoms with E-state index >= 15 is 0 Å². The van der Waals surface area contributed by atoms with Crippen molar-refractivity contribution in [3.8, 4) is 0 Å². The van der Waals surface area contributed by atoms with Gasteiger partial charge in [0.1, 0.15) is 0 Å². The number of likely N-dealkylation sites (N-methyl/N-ethyl adjacent to an activating group) is 1. The maximum atomic E-state index is 12.9. The first-order valence-corrected chi connectivity index (χ1v) is 9.71. The van der Waals surface area contributed by atoms with Gasteiger partial charge in [-0.1, -0.05) is 36.4 Å². The third-order valence-electron chi connectivity index (χ3n) is 5.62. The summed E-state index contributed by atoms with van der Waals surface area (Å²) in [6, 6.07) is 16.7. The van der Waals surface area contributed by atoms with Gasteiger partial charge in [-0.05, 0) is 56.0 Å². The summed E-state index contributed by atoms with van der Waals surface area (Å²) < 4.78 is 0. The van der Waals surface area contributed by atoms with Crippen LogP contribution in [-0.2, 0) is 17.8 Å². The van der Waals surface area contributed by atoms with E-state index in [4.69, 9.17) is 0 Å². The van der Waals surface area contributed by atoms with Crippen LogP contribution in [0.25, 0.3) is 0 Å². The van der Waals surface area contributed by atoms with Gasteiger partial charge in [-0.25, -0.2) is 0 Å². The number of amides is 1. The average Bonchev–Trinajstić information content (AvgIpc) is 3.29. The monoisotopic (exact) mass is 349 g/mol. The lowest BCUT2D eigenvalue weighted by Crippen LogP contribution is -2.39. The van der Waals surface area contributed by atoms with Crippen LogP contribution in [0, 0.1) is 0 Å². The Morgan fingerprint density at radius 2 is 2.00 bits per heavy atom. The molecule has 4 heteroatoms. The number of carbonyl (C=O) groups excluding carboxylic acids is 1. The summed E-state index contributed by atoms with van der Waals surface area (Å²) in [6.07, 6.45) is 3.12. The average molecular weight is 349 g/mol. The predicted molar refractivity (Wildman–Crippen MR) is 107 cm³/mol. The molecule has 2 aromatic carbocycles. The van der Waals surface area contributed by atoms with Gasteiger partial charge in [0.15, 0.2) is 0 Å². The van der Waals surface area contributed by atoms with E-state index in [0.29, 0.717) is 0 Å². The Bertz CT molecular complexity index is 774. The quantitative estimate of drug-likeness (QED) is 0.894. The molecule has 0 aromatic heterocycles. The molecule has 26 heavy (non-hydrogen) atoms. The second-order valence-corrected chi connectivity index (χ2v) is 7.28. The van der Waals surface area contributed by atoms with Gasteiger partial charge in [0, 0.05) is 31.0 Å². The smallest absolute Gasteiger partial charge is 0.241 e. The van der Waals surface area contributed by atoms with Gasteiger partial charge >= 0.3 is 0 Å². The van der Waals surface area contributed by atoms with E-state index in [2.05, 4.69) is 58.4 Å². The summed E-state index contributed by atoms with van der Waals surface area (Å²) in [5, 5.41) is 3.17. The van der Waals surface area contributed by atoms with Crippen molar-refractivity contribution < 1.29 is 4.79 Å². The van der Waals surface area contributed by atoms with E-state index in [1.807, 2.05) is 12.1 Å². The van der Waals surface area contributed by atoms with Crippen molar-refractivity contribution in [3.63, 3.8) is 0 Å². The van der Waals surface area contributed by atoms with Gasteiger partial charge in [-0.3, -0.25) is 9.69 Å². The molecule has 2 aliphatic heterocycles. The Kier molecular flexibility index (Phi) is 4.93. The van der Waals surface area contributed by atoms with Crippen molar-refractivity contribution in [2.75, 3.05) is 29.9 Å². The first-order valence-electron chi connectivity index (χ1n) is 9.71. The molecule has 2 heterocycles. The molecule has 0 aliphatic carbocycles. The van der Waals surface area contributed by atoms with Crippen LogP contribution in [0.4, 0.5) is 11.4 Å². The molecule has 4 nitrogen and oxygen atoms in total. The van der Waals surface area contributed by atoms with Gasteiger partial charge < -0.3 is 10.2 Å². The molecule has 0 saturated carbocycles. The Balaban J connectivity index is 1.44. The van der Waals surface area contributed by atoms with Crippen molar-refractivity contribution in [1.82, 2.24) is 4.90 Å². The number of hydrogen-bond donors (Lipinski definition) is 1. The van der Waals surface area contributed by atoms with Crippen molar-refractivity contribution in [2.24, 2.45) is 0 Å². The maximum absolute atomic E-state index is 12.9. The van der Waals surface area contributed by atoms with Gasteiger partial charge in [-0.15, -0.1) is 0 Å². The van der Waals surface area contributed by atoms with Crippen molar-refractivity contribution in [3.05, 3.63) is 59.7 Å². The number of nitrogens with zero attached hydrogens (tertiary/aromatic N) is 2. The second kappa shape index (κ2) is 7.50. The third kappa shape index (κ3) is 3.47. The van der Waals surface area contributed by atoms with E-state index in [-0.39, 0.29) is 11.9 Å². The highest BCUT2D eigenvalue weighted by Crippen LogP contribution is 2.31. The lowest BCUT2D eigenvalue weighted by Gasteiger charge is -2.24. The number of carbonyl (C=O) groups is 1. The summed E-state index contributed by atoms with van der Waals surface area (Å²) in [4.78, 5) is 17.6. The zero-order valence-electron chi connectivity index (χ0n) is 15.4. The molecule has 136 valence electrons. The molecule has 1 amide bonds. The molecule has 4 rings (SSSR count). The summed E-state index contributed by atoms with van der Waals surface area (Å²) >= 11 is 0. The molecule has 0 radical (unpaired) electrons. The topological polar surface area (TPSA) is 35.6 Å². The van der Waals surface area contributed by atoms with E-state index in [1.165, 1.54) is 16.8 Å². The number of nitrogens with one attached hydrogen (secondary N) is 1. The third-order valence-corrected chi connectivity index (χ3v) is 5.62. The fourth-order valence-corrected chi connectivity index (χ4v) is 4.21. The van der Waals surface area contributed by atoms with Crippen LogP contribution in [0.2, 0.25) is 0 Å². The minimum absolute atomic E-state index is 0.0364. The number of benzene rings is 2. The predicted octanol–water partition coefficient (Wildman–Crippen LogP) is 3.67. The molecule has 2 aromatic rings. The normalized spacial score (nSPS) is 19.6. The Hall–Kier alpha value is -2.33. The molecular formula is C22H27N3O. The summed E-state index contributed by atoms with van der Waals surface area (Å²) in [7, 11) is 0. The molecule has 1 N–H and O–H groups in total. The molecule has 0 spiro atoms. The SMILES string of the molecule is CCN1CCc2ccc(NC(=O)C3CCCN3Cc3ccccc3)cc21. The van der Waals surface area contributed by atoms with Crippen LogP contribution >= 0.6 is 0 Å². The summed E-state index contributed by atoms with van der Waals surface area (Å²) in [5.41, 5.74) is 4.85. The standard InChI is InChI=1S/C22H27N3O/c1-2-24-14-12-18-10-11-19(15-21(18)24)23-22(26)20-9-6-13-25(20)16-17-7-4-3-5-8-17/h3-5,7-8,10-11,15,20H,2,6,9,12-14,16H2,1H3,(H,23,26). The van der Waals surface area contributed by atoms with Gasteiger partial charge in [0.25, 0.3) is 0 Å². The molecular weight excluding hydrogens is 322 g/mol. The Labute approximate surface area is 155 Å². The van der Waals surface area contributed by atoms with E-state index in [0.717, 1.165) is 51.1 Å². The van der Waals surface area contributed by atoms with E-state index in [1.54, 1.807) is 0 Å². The Morgan fingerprint density at radius 3 is 2.81 bits per heavy atom. The lowest BCUT2D eigenvalue weighted by molar-refractivity contribution is -0.120. The molecule has 2 aliphatic rings. The van der Waals surface area contributed by atoms with Crippen LogP contribution in [0.3, 0.4) is 0 Å². The molecule has 1 fully saturated rings. The first-order chi connectivity index (χ1) is 12.7. The van der Waals surface area contributed by atoms with Crippen LogP contribution in [-0.4, -0.2) is 36.5 Å². The molecule has 1 atom stereocenters.